The quantitative estimate of drug-likeness (QED) is 0.725. The van der Waals surface area contributed by atoms with Crippen LogP contribution in [0.2, 0.25) is 0 Å². The summed E-state index contributed by atoms with van der Waals surface area (Å²) in [5.74, 6) is 0.733. The molecule has 1 amide bonds. The molecule has 0 spiro atoms. The number of halogens is 1. The Balaban J connectivity index is 1.49. The summed E-state index contributed by atoms with van der Waals surface area (Å²) >= 11 is 3.39. The number of carbonyl (C=O) groups excluding carboxylic acids is 1. The molecule has 1 aromatic carbocycles. The number of hydrogen-bond acceptors (Lipinski definition) is 6. The summed E-state index contributed by atoms with van der Waals surface area (Å²) in [4.78, 5) is 17.6. The fourth-order valence-electron chi connectivity index (χ4n) is 3.59. The molecule has 4 aliphatic rings. The Morgan fingerprint density at radius 1 is 1.25 bits per heavy atom. The molecule has 7 nitrogen and oxygen atoms in total. The molecular weight excluding hydrogens is 376 g/mol. The van der Waals surface area contributed by atoms with Gasteiger partial charge in [-0.2, -0.15) is 0 Å². The summed E-state index contributed by atoms with van der Waals surface area (Å²) < 4.78 is 11.9. The van der Waals surface area contributed by atoms with Crippen LogP contribution in [0.1, 0.15) is 10.4 Å². The van der Waals surface area contributed by atoms with Gasteiger partial charge in [-0.05, 0) is 22.0 Å². The van der Waals surface area contributed by atoms with Gasteiger partial charge in [-0.25, -0.2) is 0 Å². The third-order valence-electron chi connectivity index (χ3n) is 4.94. The summed E-state index contributed by atoms with van der Waals surface area (Å²) in [6, 6.07) is 2.08. The number of benzene rings is 1. The molecule has 0 aliphatic carbocycles. The first-order chi connectivity index (χ1) is 11.6. The highest BCUT2D eigenvalue weighted by Gasteiger charge is 2.32. The highest BCUT2D eigenvalue weighted by atomic mass is 79.9. The van der Waals surface area contributed by atoms with Crippen LogP contribution in [0.25, 0.3) is 0 Å². The maximum absolute atomic E-state index is 12.7. The predicted octanol–water partition coefficient (Wildman–Crippen LogP) is 0.532. The van der Waals surface area contributed by atoms with E-state index in [1.165, 1.54) is 0 Å². The summed E-state index contributed by atoms with van der Waals surface area (Å²) in [6.45, 7) is 6.93. The molecule has 1 aromatic rings. The number of carbonyl (C=O) groups is 1. The van der Waals surface area contributed by atoms with Gasteiger partial charge in [-0.15, -0.1) is 0 Å². The van der Waals surface area contributed by atoms with Crippen molar-refractivity contribution in [3.63, 3.8) is 0 Å². The molecule has 24 heavy (non-hydrogen) atoms. The first-order valence-electron chi connectivity index (χ1n) is 8.25. The van der Waals surface area contributed by atoms with Crippen LogP contribution in [-0.4, -0.2) is 74.2 Å². The normalized spacial score (nSPS) is 27.8. The minimum Gasteiger partial charge on any atom is -0.485 e. The third-order valence-corrected chi connectivity index (χ3v) is 5.59. The highest BCUT2D eigenvalue weighted by Crippen LogP contribution is 2.43. The van der Waals surface area contributed by atoms with Crippen LogP contribution in [-0.2, 0) is 0 Å². The molecule has 3 saturated heterocycles. The van der Waals surface area contributed by atoms with E-state index >= 15 is 0 Å². The molecule has 5 rings (SSSR count). The molecule has 3 fully saturated rings. The SMILES string of the molecule is Nc1c(Br)cc(C(=O)NCC2CN3CCN2CC3)c2c1OCCO2. The molecule has 1 unspecified atom stereocenters. The summed E-state index contributed by atoms with van der Waals surface area (Å²) in [5.41, 5.74) is 6.93. The zero-order chi connectivity index (χ0) is 16.7. The lowest BCUT2D eigenvalue weighted by Crippen LogP contribution is -2.63. The molecule has 0 saturated carbocycles. The molecule has 3 N–H and O–H groups in total. The minimum atomic E-state index is -0.157. The molecule has 0 aromatic heterocycles. The summed E-state index contributed by atoms with van der Waals surface area (Å²) in [7, 11) is 0. The van der Waals surface area contributed by atoms with Crippen LogP contribution in [0.5, 0.6) is 11.5 Å². The van der Waals surface area contributed by atoms with Gasteiger partial charge in [0.15, 0.2) is 11.5 Å². The van der Waals surface area contributed by atoms with Crippen LogP contribution < -0.4 is 20.5 Å². The third kappa shape index (κ3) is 2.82. The maximum Gasteiger partial charge on any atom is 0.255 e. The topological polar surface area (TPSA) is 80.1 Å². The van der Waals surface area contributed by atoms with Gasteiger partial charge in [0, 0.05) is 49.8 Å². The molecular formula is C16H21BrN4O3. The number of nitrogens with zero attached hydrogens (tertiary/aromatic N) is 2. The Labute approximate surface area is 149 Å². The average molecular weight is 397 g/mol. The first-order valence-corrected chi connectivity index (χ1v) is 9.05. The number of fused-ring (bicyclic) bond motifs is 4. The lowest BCUT2D eigenvalue weighted by molar-refractivity contribution is 0.0138. The maximum atomic E-state index is 12.7. The monoisotopic (exact) mass is 396 g/mol. The van der Waals surface area contributed by atoms with Crippen molar-refractivity contribution in [2.45, 2.75) is 6.04 Å². The van der Waals surface area contributed by atoms with Gasteiger partial charge in [0.05, 0.1) is 11.3 Å². The smallest absolute Gasteiger partial charge is 0.255 e. The summed E-state index contributed by atoms with van der Waals surface area (Å²) in [6.07, 6.45) is 0. The Hall–Kier alpha value is -1.51. The van der Waals surface area contributed by atoms with Crippen LogP contribution in [0, 0.1) is 0 Å². The second kappa shape index (κ2) is 6.42. The van der Waals surface area contributed by atoms with E-state index in [0.717, 1.165) is 32.7 Å². The number of rotatable bonds is 3. The van der Waals surface area contributed by atoms with Gasteiger partial charge in [-0.3, -0.25) is 14.6 Å². The minimum absolute atomic E-state index is 0.157. The van der Waals surface area contributed by atoms with Gasteiger partial charge in [0.2, 0.25) is 0 Å². The van der Waals surface area contributed by atoms with Crippen molar-refractivity contribution < 1.29 is 14.3 Å². The molecule has 2 bridgehead atoms. The average Bonchev–Trinajstić information content (AvgIpc) is 2.64. The second-order valence-corrected chi connectivity index (χ2v) is 7.23. The largest absolute Gasteiger partial charge is 0.485 e. The number of piperazine rings is 3. The van der Waals surface area contributed by atoms with E-state index in [9.17, 15) is 4.79 Å². The second-order valence-electron chi connectivity index (χ2n) is 6.38. The van der Waals surface area contributed by atoms with Crippen molar-refractivity contribution in [1.82, 2.24) is 15.1 Å². The molecule has 130 valence electrons. The van der Waals surface area contributed by atoms with Gasteiger partial charge >= 0.3 is 0 Å². The number of hydrogen-bond donors (Lipinski definition) is 2. The van der Waals surface area contributed by atoms with E-state index in [1.807, 2.05) is 0 Å². The lowest BCUT2D eigenvalue weighted by atomic mass is 10.1. The van der Waals surface area contributed by atoms with E-state index in [-0.39, 0.29) is 5.91 Å². The van der Waals surface area contributed by atoms with E-state index in [4.69, 9.17) is 15.2 Å². The van der Waals surface area contributed by atoms with Crippen molar-refractivity contribution in [3.8, 4) is 11.5 Å². The zero-order valence-electron chi connectivity index (χ0n) is 13.4. The van der Waals surface area contributed by atoms with E-state index in [1.54, 1.807) is 6.07 Å². The Bertz CT molecular complexity index is 661. The van der Waals surface area contributed by atoms with Crippen molar-refractivity contribution in [2.75, 3.05) is 58.2 Å². The number of ether oxygens (including phenoxy) is 2. The van der Waals surface area contributed by atoms with Gasteiger partial charge < -0.3 is 20.5 Å². The van der Waals surface area contributed by atoms with Crippen LogP contribution >= 0.6 is 15.9 Å². The molecule has 4 aliphatic heterocycles. The van der Waals surface area contributed by atoms with Crippen LogP contribution in [0.3, 0.4) is 0 Å². The Kier molecular flexibility index (Phi) is 4.28. The Morgan fingerprint density at radius 3 is 2.62 bits per heavy atom. The number of nitrogens with one attached hydrogen (secondary N) is 1. The standard InChI is InChI=1S/C16H21BrN4O3/c17-12-7-11(14-15(13(12)18)24-6-5-23-14)16(22)19-8-10-9-20-1-3-21(10)4-2-20/h7,10H,1-6,8-9,18H2,(H,19,22). The zero-order valence-corrected chi connectivity index (χ0v) is 15.0. The van der Waals surface area contributed by atoms with Crippen LogP contribution in [0.15, 0.2) is 10.5 Å². The molecule has 8 heteroatoms. The first kappa shape index (κ1) is 16.0. The van der Waals surface area contributed by atoms with E-state index in [0.29, 0.717) is 53.0 Å². The summed E-state index contributed by atoms with van der Waals surface area (Å²) in [5, 5.41) is 3.05. The van der Waals surface area contributed by atoms with Crippen molar-refractivity contribution in [2.24, 2.45) is 0 Å². The van der Waals surface area contributed by atoms with Gasteiger partial charge in [0.25, 0.3) is 5.91 Å². The number of nitrogens with two attached hydrogens (primary N) is 1. The fraction of sp³-hybridized carbons (Fsp3) is 0.562. The number of nitrogen functional groups attached to an aromatic ring is 1. The Morgan fingerprint density at radius 2 is 1.96 bits per heavy atom. The predicted molar refractivity (Wildman–Crippen MR) is 93.7 cm³/mol. The fourth-order valence-corrected chi connectivity index (χ4v) is 4.00. The molecule has 1 atom stereocenters. The number of anilines is 1. The van der Waals surface area contributed by atoms with E-state index < -0.39 is 0 Å². The molecule has 0 radical (unpaired) electrons. The van der Waals surface area contributed by atoms with Crippen LogP contribution in [0.4, 0.5) is 5.69 Å². The van der Waals surface area contributed by atoms with Crippen molar-refractivity contribution in [1.29, 1.82) is 0 Å². The lowest BCUT2D eigenvalue weighted by Gasteiger charge is -2.47. The highest BCUT2D eigenvalue weighted by molar-refractivity contribution is 9.10. The van der Waals surface area contributed by atoms with E-state index in [2.05, 4.69) is 31.0 Å². The molecule has 4 heterocycles. The van der Waals surface area contributed by atoms with Crippen molar-refractivity contribution >= 4 is 27.5 Å². The van der Waals surface area contributed by atoms with Gasteiger partial charge in [-0.1, -0.05) is 0 Å². The van der Waals surface area contributed by atoms with Crippen molar-refractivity contribution in [3.05, 3.63) is 16.1 Å². The number of amides is 1. The van der Waals surface area contributed by atoms with Gasteiger partial charge in [0.1, 0.15) is 13.2 Å².